The molecule has 28 heavy (non-hydrogen) atoms. The Morgan fingerprint density at radius 2 is 1.86 bits per heavy atom. The minimum Gasteiger partial charge on any atom is -0.280 e. The van der Waals surface area contributed by atoms with Gasteiger partial charge in [0.1, 0.15) is 11.6 Å². The molecule has 0 atom stereocenters. The third-order valence-corrected chi connectivity index (χ3v) is 4.63. The Morgan fingerprint density at radius 3 is 2.43 bits per heavy atom. The molecule has 0 spiro atoms. The third kappa shape index (κ3) is 4.09. The molecule has 0 radical (unpaired) electrons. The number of carbonyl (C=O) groups is 1. The Hall–Kier alpha value is -3.46. The monoisotopic (exact) mass is 401 g/mol. The largest absolute Gasteiger partial charge is 0.280 e. The number of nitro benzene ring substituents is 1. The number of rotatable bonds is 6. The molecule has 0 bridgehead atoms. The van der Waals surface area contributed by atoms with Gasteiger partial charge in [-0.1, -0.05) is 6.08 Å². The summed E-state index contributed by atoms with van der Waals surface area (Å²) in [5.74, 6) is -2.33. The molecule has 142 valence electrons. The average molecular weight is 401 g/mol. The van der Waals surface area contributed by atoms with E-state index in [-0.39, 0.29) is 17.8 Å². The van der Waals surface area contributed by atoms with Crippen molar-refractivity contribution < 1.29 is 18.5 Å². The fourth-order valence-electron chi connectivity index (χ4n) is 2.48. The number of hydrogen-bond donors (Lipinski definition) is 0. The van der Waals surface area contributed by atoms with E-state index in [2.05, 4.69) is 11.6 Å². The molecule has 3 aromatic rings. The highest BCUT2D eigenvalue weighted by Gasteiger charge is 2.21. The van der Waals surface area contributed by atoms with E-state index in [4.69, 9.17) is 0 Å². The Bertz CT molecular complexity index is 1030. The summed E-state index contributed by atoms with van der Waals surface area (Å²) >= 11 is 1.16. The van der Waals surface area contributed by atoms with Gasteiger partial charge in [-0.3, -0.25) is 19.8 Å². The fraction of sp³-hybridized carbons (Fsp3) is 0.0526. The molecule has 2 aromatic carbocycles. The van der Waals surface area contributed by atoms with Crippen molar-refractivity contribution in [2.24, 2.45) is 0 Å². The lowest BCUT2D eigenvalue weighted by Crippen LogP contribution is -2.31. The van der Waals surface area contributed by atoms with Gasteiger partial charge in [0.05, 0.1) is 10.6 Å². The number of non-ortho nitro benzene ring substituents is 1. The van der Waals surface area contributed by atoms with Crippen molar-refractivity contribution in [1.29, 1.82) is 0 Å². The fourth-order valence-corrected chi connectivity index (χ4v) is 3.33. The second-order valence-corrected chi connectivity index (χ2v) is 6.52. The zero-order chi connectivity index (χ0) is 20.3. The molecule has 0 aliphatic rings. The number of carbonyl (C=O) groups excluding carboxylic acids is 1. The standard InChI is InChI=1S/C19H13F2N3O3S/c1-2-7-23(18(25)13-8-14(20)10-15(21)9-13)19-22-17(11-28-19)12-3-5-16(6-4-12)24(26)27/h2-6,8-11H,1,7H2. The van der Waals surface area contributed by atoms with Crippen molar-refractivity contribution >= 4 is 28.1 Å². The van der Waals surface area contributed by atoms with Gasteiger partial charge in [-0.25, -0.2) is 13.8 Å². The SMILES string of the molecule is C=CCN(C(=O)c1cc(F)cc(F)c1)c1nc(-c2ccc([N+](=O)[O-])cc2)cs1. The van der Waals surface area contributed by atoms with Crippen molar-refractivity contribution in [2.75, 3.05) is 11.4 Å². The first-order chi connectivity index (χ1) is 13.4. The van der Waals surface area contributed by atoms with Crippen LogP contribution in [0.3, 0.4) is 0 Å². The predicted molar refractivity (Wildman–Crippen MR) is 102 cm³/mol. The molecule has 9 heteroatoms. The summed E-state index contributed by atoms with van der Waals surface area (Å²) in [5.41, 5.74) is 0.959. The van der Waals surface area contributed by atoms with E-state index in [1.165, 1.54) is 23.1 Å². The van der Waals surface area contributed by atoms with E-state index in [0.29, 0.717) is 22.5 Å². The average Bonchev–Trinajstić information content (AvgIpc) is 3.14. The van der Waals surface area contributed by atoms with Gasteiger partial charge in [-0.15, -0.1) is 17.9 Å². The quantitative estimate of drug-likeness (QED) is 0.337. The van der Waals surface area contributed by atoms with Crippen LogP contribution in [0.1, 0.15) is 10.4 Å². The number of hydrogen-bond acceptors (Lipinski definition) is 5. The number of anilines is 1. The molecule has 1 heterocycles. The maximum absolute atomic E-state index is 13.5. The van der Waals surface area contributed by atoms with Gasteiger partial charge < -0.3 is 0 Å². The molecular formula is C19H13F2N3O3S. The van der Waals surface area contributed by atoms with Gasteiger partial charge in [0.15, 0.2) is 5.13 Å². The van der Waals surface area contributed by atoms with E-state index in [9.17, 15) is 23.7 Å². The summed E-state index contributed by atoms with van der Waals surface area (Å²) in [6.45, 7) is 3.69. The van der Waals surface area contributed by atoms with Crippen LogP contribution >= 0.6 is 11.3 Å². The van der Waals surface area contributed by atoms with Crippen LogP contribution in [0.2, 0.25) is 0 Å². The Kier molecular flexibility index (Phi) is 5.55. The van der Waals surface area contributed by atoms with E-state index in [1.807, 2.05) is 0 Å². The lowest BCUT2D eigenvalue weighted by molar-refractivity contribution is -0.384. The van der Waals surface area contributed by atoms with Crippen molar-refractivity contribution in [3.63, 3.8) is 0 Å². The normalized spacial score (nSPS) is 10.5. The number of benzene rings is 2. The van der Waals surface area contributed by atoms with Gasteiger partial charge in [0.25, 0.3) is 11.6 Å². The summed E-state index contributed by atoms with van der Waals surface area (Å²) in [4.78, 5) is 28.6. The molecule has 0 aliphatic heterocycles. The number of aromatic nitrogens is 1. The summed E-state index contributed by atoms with van der Waals surface area (Å²) in [6, 6.07) is 8.41. The highest BCUT2D eigenvalue weighted by molar-refractivity contribution is 7.14. The van der Waals surface area contributed by atoms with Crippen LogP contribution < -0.4 is 4.90 Å². The Balaban J connectivity index is 1.92. The van der Waals surface area contributed by atoms with Gasteiger partial charge >= 0.3 is 0 Å². The number of halogens is 2. The molecule has 0 aliphatic carbocycles. The molecule has 6 nitrogen and oxygen atoms in total. The Labute approximate surface area is 162 Å². The Morgan fingerprint density at radius 1 is 1.21 bits per heavy atom. The molecule has 0 saturated heterocycles. The highest BCUT2D eigenvalue weighted by Crippen LogP contribution is 2.29. The maximum Gasteiger partial charge on any atom is 0.269 e. The summed E-state index contributed by atoms with van der Waals surface area (Å²) in [5, 5.41) is 12.8. The molecule has 1 amide bonds. The number of nitrogens with zero attached hydrogens (tertiary/aromatic N) is 3. The van der Waals surface area contributed by atoms with Gasteiger partial charge in [0.2, 0.25) is 0 Å². The van der Waals surface area contributed by atoms with E-state index < -0.39 is 22.5 Å². The molecule has 0 saturated carbocycles. The second-order valence-electron chi connectivity index (χ2n) is 5.68. The van der Waals surface area contributed by atoms with Crippen LogP contribution in [0, 0.1) is 21.7 Å². The summed E-state index contributed by atoms with van der Waals surface area (Å²) < 4.78 is 26.9. The lowest BCUT2D eigenvalue weighted by atomic mass is 10.1. The molecule has 0 fully saturated rings. The smallest absolute Gasteiger partial charge is 0.269 e. The molecule has 0 unspecified atom stereocenters. The van der Waals surface area contributed by atoms with Crippen molar-refractivity contribution in [3.05, 3.63) is 87.8 Å². The van der Waals surface area contributed by atoms with E-state index in [0.717, 1.165) is 23.5 Å². The molecule has 1 aromatic heterocycles. The van der Waals surface area contributed by atoms with Crippen LogP contribution in [-0.4, -0.2) is 22.4 Å². The zero-order valence-electron chi connectivity index (χ0n) is 14.3. The molecular weight excluding hydrogens is 388 g/mol. The van der Waals surface area contributed by atoms with Gasteiger partial charge in [0, 0.05) is 41.3 Å². The first kappa shape index (κ1) is 19.3. The third-order valence-electron chi connectivity index (χ3n) is 3.76. The first-order valence-corrected chi connectivity index (χ1v) is 8.86. The highest BCUT2D eigenvalue weighted by atomic mass is 32.1. The minimum absolute atomic E-state index is 0.0456. The lowest BCUT2D eigenvalue weighted by Gasteiger charge is -2.18. The first-order valence-electron chi connectivity index (χ1n) is 7.98. The van der Waals surface area contributed by atoms with Crippen LogP contribution in [-0.2, 0) is 0 Å². The van der Waals surface area contributed by atoms with Crippen LogP contribution in [0.5, 0.6) is 0 Å². The maximum atomic E-state index is 13.5. The van der Waals surface area contributed by atoms with Crippen molar-refractivity contribution in [3.8, 4) is 11.3 Å². The topological polar surface area (TPSA) is 76.3 Å². The van der Waals surface area contributed by atoms with Crippen LogP contribution in [0.4, 0.5) is 19.6 Å². The number of nitro groups is 1. The van der Waals surface area contributed by atoms with Crippen LogP contribution in [0.15, 0.2) is 60.5 Å². The summed E-state index contributed by atoms with van der Waals surface area (Å²) in [7, 11) is 0. The molecule has 0 N–H and O–H groups in total. The van der Waals surface area contributed by atoms with Gasteiger partial charge in [-0.05, 0) is 24.3 Å². The minimum atomic E-state index is -0.854. The van der Waals surface area contributed by atoms with Crippen LogP contribution in [0.25, 0.3) is 11.3 Å². The second kappa shape index (κ2) is 8.05. The predicted octanol–water partition coefficient (Wildman–Crippen LogP) is 4.83. The van der Waals surface area contributed by atoms with Gasteiger partial charge in [-0.2, -0.15) is 0 Å². The van der Waals surface area contributed by atoms with Crippen molar-refractivity contribution in [1.82, 2.24) is 4.98 Å². The zero-order valence-corrected chi connectivity index (χ0v) is 15.2. The van der Waals surface area contributed by atoms with Crippen molar-refractivity contribution in [2.45, 2.75) is 0 Å². The molecule has 3 rings (SSSR count). The summed E-state index contributed by atoms with van der Waals surface area (Å²) in [6.07, 6.45) is 1.47. The number of amides is 1. The number of thiazole rings is 1. The van der Waals surface area contributed by atoms with E-state index in [1.54, 1.807) is 17.5 Å². The van der Waals surface area contributed by atoms with E-state index >= 15 is 0 Å².